The third-order valence-electron chi connectivity index (χ3n) is 4.32. The molecule has 0 amide bonds. The van der Waals surface area contributed by atoms with Gasteiger partial charge < -0.3 is 5.73 Å². The van der Waals surface area contributed by atoms with Crippen LogP contribution >= 0.6 is 11.8 Å². The summed E-state index contributed by atoms with van der Waals surface area (Å²) in [5.74, 6) is 1.25. The Morgan fingerprint density at radius 2 is 1.78 bits per heavy atom. The van der Waals surface area contributed by atoms with Crippen molar-refractivity contribution in [3.63, 3.8) is 0 Å². The van der Waals surface area contributed by atoms with Gasteiger partial charge in [0.2, 0.25) is 0 Å². The first-order valence-corrected chi connectivity index (χ1v) is 8.57. The normalized spacial score (nSPS) is 21.8. The summed E-state index contributed by atoms with van der Waals surface area (Å²) >= 11 is 2.13. The zero-order chi connectivity index (χ0) is 13.6. The van der Waals surface area contributed by atoms with Gasteiger partial charge in [-0.2, -0.15) is 11.8 Å². The fraction of sp³-hybridized carbons (Fsp3) is 1.00. The molecule has 3 heteroatoms. The molecule has 0 unspecified atom stereocenters. The van der Waals surface area contributed by atoms with Crippen molar-refractivity contribution in [1.82, 2.24) is 4.90 Å². The molecule has 0 saturated carbocycles. The van der Waals surface area contributed by atoms with Crippen molar-refractivity contribution < 1.29 is 0 Å². The average Bonchev–Trinajstić information content (AvgIpc) is 2.50. The summed E-state index contributed by atoms with van der Waals surface area (Å²) in [6, 6.07) is 0. The molecular weight excluding hydrogens is 240 g/mol. The second-order valence-corrected chi connectivity index (χ2v) is 8.08. The van der Waals surface area contributed by atoms with E-state index in [2.05, 4.69) is 44.4 Å². The van der Waals surface area contributed by atoms with Gasteiger partial charge in [-0.05, 0) is 19.3 Å². The fourth-order valence-electron chi connectivity index (χ4n) is 3.20. The maximum absolute atomic E-state index is 6.18. The van der Waals surface area contributed by atoms with Gasteiger partial charge in [-0.15, -0.1) is 0 Å². The molecule has 1 rings (SSSR count). The standard InChI is InChI=1S/C15H32N2S/c1-5-7-15(13-16,8-6-2)17-10-9-14(3,4)18-12-11-17/h5-13,16H2,1-4H3. The Kier molecular flexibility index (Phi) is 6.49. The molecule has 0 bridgehead atoms. The zero-order valence-electron chi connectivity index (χ0n) is 12.8. The van der Waals surface area contributed by atoms with Crippen LogP contribution in [0.5, 0.6) is 0 Å². The first-order valence-electron chi connectivity index (χ1n) is 7.59. The predicted octanol–water partition coefficient (Wildman–Crippen LogP) is 3.50. The Morgan fingerprint density at radius 1 is 1.17 bits per heavy atom. The molecule has 0 aromatic rings. The molecule has 2 N–H and O–H groups in total. The molecule has 1 aliphatic heterocycles. The minimum atomic E-state index is 0.268. The van der Waals surface area contributed by atoms with E-state index in [1.807, 2.05) is 0 Å². The van der Waals surface area contributed by atoms with E-state index in [1.165, 1.54) is 50.9 Å². The van der Waals surface area contributed by atoms with Gasteiger partial charge in [0, 0.05) is 35.7 Å². The molecule has 0 aromatic heterocycles. The number of nitrogens with zero attached hydrogens (tertiary/aromatic N) is 1. The van der Waals surface area contributed by atoms with Crippen molar-refractivity contribution in [3.05, 3.63) is 0 Å². The third kappa shape index (κ3) is 4.14. The summed E-state index contributed by atoms with van der Waals surface area (Å²) in [6.45, 7) is 12.6. The average molecular weight is 273 g/mol. The molecule has 108 valence electrons. The highest BCUT2D eigenvalue weighted by Gasteiger charge is 2.36. The summed E-state index contributed by atoms with van der Waals surface area (Å²) in [5, 5.41) is 0. The van der Waals surface area contributed by atoms with Gasteiger partial charge in [0.05, 0.1) is 0 Å². The number of thioether (sulfide) groups is 1. The molecule has 0 radical (unpaired) electrons. The minimum absolute atomic E-state index is 0.268. The van der Waals surface area contributed by atoms with Crippen molar-refractivity contribution >= 4 is 11.8 Å². The van der Waals surface area contributed by atoms with E-state index in [4.69, 9.17) is 5.73 Å². The molecule has 0 aromatic carbocycles. The lowest BCUT2D eigenvalue weighted by Crippen LogP contribution is -2.54. The van der Waals surface area contributed by atoms with Gasteiger partial charge >= 0.3 is 0 Å². The Labute approximate surface area is 118 Å². The van der Waals surface area contributed by atoms with Crippen molar-refractivity contribution in [2.45, 2.75) is 70.1 Å². The quantitative estimate of drug-likeness (QED) is 0.802. The number of hydrogen-bond donors (Lipinski definition) is 1. The van der Waals surface area contributed by atoms with Gasteiger partial charge in [0.1, 0.15) is 0 Å². The summed E-state index contributed by atoms with van der Waals surface area (Å²) in [5.41, 5.74) is 6.45. The lowest BCUT2D eigenvalue weighted by molar-refractivity contribution is 0.0797. The molecule has 1 heterocycles. The number of hydrogen-bond acceptors (Lipinski definition) is 3. The molecule has 0 aliphatic carbocycles. The summed E-state index contributed by atoms with van der Waals surface area (Å²) < 4.78 is 0.438. The van der Waals surface area contributed by atoms with Crippen LogP contribution in [0, 0.1) is 0 Å². The molecule has 18 heavy (non-hydrogen) atoms. The second kappa shape index (κ2) is 7.16. The van der Waals surface area contributed by atoms with E-state index in [1.54, 1.807) is 0 Å². The Balaban J connectivity index is 2.78. The minimum Gasteiger partial charge on any atom is -0.329 e. The number of rotatable bonds is 6. The van der Waals surface area contributed by atoms with E-state index in [-0.39, 0.29) is 5.54 Å². The van der Waals surface area contributed by atoms with E-state index in [0.29, 0.717) is 4.75 Å². The molecule has 0 atom stereocenters. The largest absolute Gasteiger partial charge is 0.329 e. The topological polar surface area (TPSA) is 29.3 Å². The molecular formula is C15H32N2S. The predicted molar refractivity (Wildman–Crippen MR) is 84.3 cm³/mol. The Hall–Kier alpha value is 0.270. The smallest absolute Gasteiger partial charge is 0.0331 e. The van der Waals surface area contributed by atoms with Crippen LogP contribution in [0.15, 0.2) is 0 Å². The monoisotopic (exact) mass is 272 g/mol. The van der Waals surface area contributed by atoms with Crippen LogP contribution in [0.2, 0.25) is 0 Å². The summed E-state index contributed by atoms with van der Waals surface area (Å²) in [6.07, 6.45) is 6.27. The van der Waals surface area contributed by atoms with Crippen LogP contribution in [0.25, 0.3) is 0 Å². The lowest BCUT2D eigenvalue weighted by atomic mass is 9.86. The lowest BCUT2D eigenvalue weighted by Gasteiger charge is -2.43. The number of nitrogens with two attached hydrogens (primary N) is 1. The first kappa shape index (κ1) is 16.3. The van der Waals surface area contributed by atoms with Crippen LogP contribution in [-0.2, 0) is 0 Å². The van der Waals surface area contributed by atoms with E-state index in [9.17, 15) is 0 Å². The van der Waals surface area contributed by atoms with E-state index >= 15 is 0 Å². The first-order chi connectivity index (χ1) is 8.49. The fourth-order valence-corrected chi connectivity index (χ4v) is 4.30. The van der Waals surface area contributed by atoms with Crippen molar-refractivity contribution in [3.8, 4) is 0 Å². The van der Waals surface area contributed by atoms with Gasteiger partial charge in [0.25, 0.3) is 0 Å². The van der Waals surface area contributed by atoms with Crippen LogP contribution in [0.1, 0.15) is 59.8 Å². The molecule has 1 saturated heterocycles. The van der Waals surface area contributed by atoms with Crippen LogP contribution in [0.3, 0.4) is 0 Å². The van der Waals surface area contributed by atoms with Gasteiger partial charge in [-0.25, -0.2) is 0 Å². The van der Waals surface area contributed by atoms with Gasteiger partial charge in [-0.1, -0.05) is 40.5 Å². The molecule has 2 nitrogen and oxygen atoms in total. The van der Waals surface area contributed by atoms with Gasteiger partial charge in [-0.3, -0.25) is 4.90 Å². The zero-order valence-corrected chi connectivity index (χ0v) is 13.6. The van der Waals surface area contributed by atoms with Crippen molar-refractivity contribution in [1.29, 1.82) is 0 Å². The third-order valence-corrected chi connectivity index (χ3v) is 5.69. The Morgan fingerprint density at radius 3 is 2.28 bits per heavy atom. The van der Waals surface area contributed by atoms with Crippen LogP contribution in [0.4, 0.5) is 0 Å². The highest BCUT2D eigenvalue weighted by Crippen LogP contribution is 2.35. The van der Waals surface area contributed by atoms with Crippen molar-refractivity contribution in [2.75, 3.05) is 25.4 Å². The molecule has 0 spiro atoms. The molecule has 1 fully saturated rings. The highest BCUT2D eigenvalue weighted by atomic mass is 32.2. The van der Waals surface area contributed by atoms with Gasteiger partial charge in [0.15, 0.2) is 0 Å². The maximum Gasteiger partial charge on any atom is 0.0331 e. The van der Waals surface area contributed by atoms with E-state index < -0.39 is 0 Å². The molecule has 1 aliphatic rings. The SMILES string of the molecule is CCCC(CN)(CCC)N1CCSC(C)(C)CC1. The maximum atomic E-state index is 6.18. The van der Waals surface area contributed by atoms with Crippen LogP contribution in [-0.4, -0.2) is 40.6 Å². The summed E-state index contributed by atoms with van der Waals surface area (Å²) in [4.78, 5) is 2.71. The van der Waals surface area contributed by atoms with Crippen LogP contribution < -0.4 is 5.73 Å². The Bertz CT molecular complexity index is 235. The summed E-state index contributed by atoms with van der Waals surface area (Å²) in [7, 11) is 0. The van der Waals surface area contributed by atoms with Crippen molar-refractivity contribution in [2.24, 2.45) is 5.73 Å². The second-order valence-electron chi connectivity index (χ2n) is 6.27. The van der Waals surface area contributed by atoms with E-state index in [0.717, 1.165) is 6.54 Å². The highest BCUT2D eigenvalue weighted by molar-refractivity contribution is 8.00.